The summed E-state index contributed by atoms with van der Waals surface area (Å²) in [6.07, 6.45) is 2.48. The molecule has 17 heavy (non-hydrogen) atoms. The Morgan fingerprint density at radius 1 is 1.24 bits per heavy atom. The van der Waals surface area contributed by atoms with Gasteiger partial charge >= 0.3 is 0 Å². The number of aromatic nitrogens is 1. The highest BCUT2D eigenvalue weighted by molar-refractivity contribution is 5.41. The van der Waals surface area contributed by atoms with E-state index < -0.39 is 0 Å². The number of rotatable bonds is 3. The number of aryl methyl sites for hydroxylation is 1. The van der Waals surface area contributed by atoms with Gasteiger partial charge in [-0.1, -0.05) is 6.07 Å². The zero-order valence-electron chi connectivity index (χ0n) is 9.97. The van der Waals surface area contributed by atoms with E-state index in [1.54, 1.807) is 19.2 Å². The van der Waals surface area contributed by atoms with Gasteiger partial charge in [0, 0.05) is 23.9 Å². The second kappa shape index (κ2) is 4.87. The van der Waals surface area contributed by atoms with Crippen molar-refractivity contribution in [3.05, 3.63) is 53.3 Å². The maximum atomic E-state index is 9.77. The summed E-state index contributed by atoms with van der Waals surface area (Å²) in [7, 11) is 1.61. The molecular weight excluding hydrogens is 214 g/mol. The van der Waals surface area contributed by atoms with E-state index in [-0.39, 0.29) is 5.75 Å². The van der Waals surface area contributed by atoms with Crippen LogP contribution in [0.2, 0.25) is 0 Å². The zero-order valence-corrected chi connectivity index (χ0v) is 9.97. The topological polar surface area (TPSA) is 42.4 Å². The quantitative estimate of drug-likeness (QED) is 0.879. The lowest BCUT2D eigenvalue weighted by molar-refractivity contribution is 0.411. The molecule has 0 saturated carbocycles. The minimum absolute atomic E-state index is 0.284. The Labute approximate surface area is 101 Å². The summed E-state index contributed by atoms with van der Waals surface area (Å²) in [6, 6.07) is 9.21. The summed E-state index contributed by atoms with van der Waals surface area (Å²) in [4.78, 5) is 4.23. The summed E-state index contributed by atoms with van der Waals surface area (Å²) in [5.74, 6) is 1.03. The van der Waals surface area contributed by atoms with Gasteiger partial charge in [-0.25, -0.2) is 0 Å². The molecule has 0 saturated heterocycles. The minimum atomic E-state index is 0.284. The van der Waals surface area contributed by atoms with Crippen LogP contribution in [0.4, 0.5) is 0 Å². The van der Waals surface area contributed by atoms with Crippen LogP contribution in [0.3, 0.4) is 0 Å². The van der Waals surface area contributed by atoms with Crippen LogP contribution >= 0.6 is 0 Å². The predicted molar refractivity (Wildman–Crippen MR) is 66.4 cm³/mol. The van der Waals surface area contributed by atoms with Crippen molar-refractivity contribution < 1.29 is 9.84 Å². The van der Waals surface area contributed by atoms with E-state index in [0.717, 1.165) is 22.6 Å². The van der Waals surface area contributed by atoms with E-state index in [1.165, 1.54) is 0 Å². The molecule has 1 heterocycles. The molecule has 1 N–H and O–H groups in total. The molecule has 2 rings (SSSR count). The molecule has 0 aliphatic rings. The molecule has 88 valence electrons. The Hall–Kier alpha value is -2.03. The van der Waals surface area contributed by atoms with Crippen LogP contribution in [0.1, 0.15) is 16.8 Å². The number of phenolic OH excluding ortho intramolecular Hbond substituents is 1. The van der Waals surface area contributed by atoms with Gasteiger partial charge < -0.3 is 9.84 Å². The number of ether oxygens (including phenoxy) is 1. The molecule has 0 fully saturated rings. The van der Waals surface area contributed by atoms with E-state index in [4.69, 9.17) is 4.74 Å². The average molecular weight is 229 g/mol. The van der Waals surface area contributed by atoms with Gasteiger partial charge in [0.2, 0.25) is 0 Å². The lowest BCUT2D eigenvalue weighted by Gasteiger charge is -2.07. The fourth-order valence-electron chi connectivity index (χ4n) is 1.65. The van der Waals surface area contributed by atoms with Crippen molar-refractivity contribution in [2.75, 3.05) is 7.11 Å². The first-order valence-electron chi connectivity index (χ1n) is 5.46. The van der Waals surface area contributed by atoms with Gasteiger partial charge in [0.25, 0.3) is 0 Å². The fraction of sp³-hybridized carbons (Fsp3) is 0.214. The summed E-state index contributed by atoms with van der Waals surface area (Å²) < 4.78 is 5.14. The second-order valence-electron chi connectivity index (χ2n) is 3.98. The molecule has 0 radical (unpaired) electrons. The molecule has 0 bridgehead atoms. The van der Waals surface area contributed by atoms with Crippen molar-refractivity contribution >= 4 is 0 Å². The number of benzene rings is 1. The smallest absolute Gasteiger partial charge is 0.119 e. The first-order valence-corrected chi connectivity index (χ1v) is 5.46. The average Bonchev–Trinajstić information content (AvgIpc) is 2.35. The van der Waals surface area contributed by atoms with Gasteiger partial charge in [-0.15, -0.1) is 0 Å². The zero-order chi connectivity index (χ0) is 12.3. The summed E-state index contributed by atoms with van der Waals surface area (Å²) in [5.41, 5.74) is 2.90. The molecule has 3 heteroatoms. The molecule has 0 spiro atoms. The van der Waals surface area contributed by atoms with Gasteiger partial charge in [0.1, 0.15) is 11.5 Å². The monoisotopic (exact) mass is 229 g/mol. The first-order chi connectivity index (χ1) is 8.19. The van der Waals surface area contributed by atoms with Crippen LogP contribution < -0.4 is 4.74 Å². The van der Waals surface area contributed by atoms with Crippen molar-refractivity contribution in [1.82, 2.24) is 4.98 Å². The number of methoxy groups -OCH3 is 1. The van der Waals surface area contributed by atoms with E-state index >= 15 is 0 Å². The molecule has 2 aromatic rings. The van der Waals surface area contributed by atoms with E-state index in [2.05, 4.69) is 4.98 Å². The highest BCUT2D eigenvalue weighted by Gasteiger charge is 2.04. The Kier molecular flexibility index (Phi) is 3.28. The third-order valence-electron chi connectivity index (χ3n) is 2.65. The molecule has 0 atom stereocenters. The SMILES string of the molecule is COc1ccc(O)c(Cc2ccc(C)nc2)c1. The molecule has 0 unspecified atom stereocenters. The Bertz CT molecular complexity index is 506. The van der Waals surface area contributed by atoms with Gasteiger partial charge in [0.15, 0.2) is 0 Å². The highest BCUT2D eigenvalue weighted by Crippen LogP contribution is 2.25. The molecule has 0 amide bonds. The minimum Gasteiger partial charge on any atom is -0.508 e. The number of pyridine rings is 1. The van der Waals surface area contributed by atoms with Crippen LogP contribution in [-0.4, -0.2) is 17.2 Å². The van der Waals surface area contributed by atoms with Crippen LogP contribution in [0.25, 0.3) is 0 Å². The van der Waals surface area contributed by atoms with Crippen LogP contribution in [0.15, 0.2) is 36.5 Å². The molecule has 0 aliphatic carbocycles. The molecule has 3 nitrogen and oxygen atoms in total. The van der Waals surface area contributed by atoms with Crippen molar-refractivity contribution in [2.24, 2.45) is 0 Å². The Morgan fingerprint density at radius 3 is 2.71 bits per heavy atom. The fourth-order valence-corrected chi connectivity index (χ4v) is 1.65. The third-order valence-corrected chi connectivity index (χ3v) is 2.65. The van der Waals surface area contributed by atoms with Gasteiger partial charge in [-0.05, 0) is 36.8 Å². The number of phenols is 1. The van der Waals surface area contributed by atoms with Crippen molar-refractivity contribution in [3.8, 4) is 11.5 Å². The first kappa shape index (κ1) is 11.5. The second-order valence-corrected chi connectivity index (χ2v) is 3.98. The maximum absolute atomic E-state index is 9.77. The molecular formula is C14H15NO2. The number of aromatic hydroxyl groups is 1. The standard InChI is InChI=1S/C14H15NO2/c1-10-3-4-11(9-15-10)7-12-8-13(17-2)5-6-14(12)16/h3-6,8-9,16H,7H2,1-2H3. The molecule has 1 aromatic heterocycles. The Balaban J connectivity index is 2.25. The number of hydrogen-bond donors (Lipinski definition) is 1. The van der Waals surface area contributed by atoms with Gasteiger partial charge in [-0.2, -0.15) is 0 Å². The summed E-state index contributed by atoms with van der Waals surface area (Å²) >= 11 is 0. The molecule has 1 aromatic carbocycles. The van der Waals surface area contributed by atoms with Crippen molar-refractivity contribution in [1.29, 1.82) is 0 Å². The van der Waals surface area contributed by atoms with Gasteiger partial charge in [-0.3, -0.25) is 4.98 Å². The predicted octanol–water partition coefficient (Wildman–Crippen LogP) is 2.70. The van der Waals surface area contributed by atoms with E-state index in [9.17, 15) is 5.11 Å². The maximum Gasteiger partial charge on any atom is 0.119 e. The largest absolute Gasteiger partial charge is 0.508 e. The van der Waals surface area contributed by atoms with Crippen LogP contribution in [0, 0.1) is 6.92 Å². The highest BCUT2D eigenvalue weighted by atomic mass is 16.5. The van der Waals surface area contributed by atoms with Crippen molar-refractivity contribution in [2.45, 2.75) is 13.3 Å². The van der Waals surface area contributed by atoms with Crippen molar-refractivity contribution in [3.63, 3.8) is 0 Å². The summed E-state index contributed by atoms with van der Waals surface area (Å²) in [5, 5.41) is 9.77. The van der Waals surface area contributed by atoms with Crippen LogP contribution in [-0.2, 0) is 6.42 Å². The van der Waals surface area contributed by atoms with E-state index in [1.807, 2.05) is 31.3 Å². The lowest BCUT2D eigenvalue weighted by atomic mass is 10.1. The van der Waals surface area contributed by atoms with Gasteiger partial charge in [0.05, 0.1) is 7.11 Å². The van der Waals surface area contributed by atoms with Crippen LogP contribution in [0.5, 0.6) is 11.5 Å². The Morgan fingerprint density at radius 2 is 2.06 bits per heavy atom. The summed E-state index contributed by atoms with van der Waals surface area (Å²) in [6.45, 7) is 1.95. The third kappa shape index (κ3) is 2.75. The molecule has 0 aliphatic heterocycles. The number of hydrogen-bond acceptors (Lipinski definition) is 3. The normalized spacial score (nSPS) is 10.2. The number of nitrogens with zero attached hydrogens (tertiary/aromatic N) is 1. The van der Waals surface area contributed by atoms with E-state index in [0.29, 0.717) is 6.42 Å². The lowest BCUT2D eigenvalue weighted by Crippen LogP contribution is -1.92.